The molecule has 106 valence electrons. The van der Waals surface area contributed by atoms with Crippen LogP contribution in [-0.2, 0) is 6.54 Å². The third-order valence-electron chi connectivity index (χ3n) is 2.94. The maximum Gasteiger partial charge on any atom is 0.278 e. The Bertz CT molecular complexity index is 596. The zero-order valence-corrected chi connectivity index (χ0v) is 11.3. The molecular weight excluding hydrogens is 259 g/mol. The number of hydrogen-bond donors (Lipinski definition) is 1. The van der Waals surface area contributed by atoms with E-state index in [0.717, 1.165) is 0 Å². The Hall–Kier alpha value is -2.21. The zero-order chi connectivity index (χ0) is 14.5. The molecule has 1 aromatic heterocycles. The molecule has 1 heterocycles. The minimum Gasteiger partial charge on any atom is -0.335 e. The molecule has 5 nitrogen and oxygen atoms in total. The lowest BCUT2D eigenvalue weighted by atomic mass is 10.2. The molecule has 0 atom stereocenters. The van der Waals surface area contributed by atoms with Crippen molar-refractivity contribution >= 4 is 11.6 Å². The highest BCUT2D eigenvalue weighted by Gasteiger charge is 2.20. The van der Waals surface area contributed by atoms with Gasteiger partial charge in [0.15, 0.2) is 0 Å². The van der Waals surface area contributed by atoms with Gasteiger partial charge in [-0.05, 0) is 19.1 Å². The Balaban J connectivity index is 2.27. The van der Waals surface area contributed by atoms with Gasteiger partial charge in [-0.2, -0.15) is 0 Å². The summed E-state index contributed by atoms with van der Waals surface area (Å²) in [5.74, 6) is -0.752. The first-order valence-corrected chi connectivity index (χ1v) is 6.45. The first kappa shape index (κ1) is 14.2. The van der Waals surface area contributed by atoms with Crippen molar-refractivity contribution < 1.29 is 9.18 Å². The first-order valence-electron chi connectivity index (χ1n) is 6.45. The van der Waals surface area contributed by atoms with Crippen molar-refractivity contribution in [2.75, 3.05) is 18.0 Å². The molecule has 0 unspecified atom stereocenters. The topological polar surface area (TPSA) is 64.2 Å². The summed E-state index contributed by atoms with van der Waals surface area (Å²) in [6.07, 6.45) is 3.17. The van der Waals surface area contributed by atoms with E-state index >= 15 is 0 Å². The SMILES string of the molecule is CCN(C(=O)c1cn(CCN)cn1)c1ccccc1F. The van der Waals surface area contributed by atoms with Crippen molar-refractivity contribution in [1.82, 2.24) is 9.55 Å². The number of nitrogens with zero attached hydrogens (tertiary/aromatic N) is 3. The molecule has 0 saturated carbocycles. The van der Waals surface area contributed by atoms with Gasteiger partial charge in [-0.3, -0.25) is 4.79 Å². The molecule has 6 heteroatoms. The Kier molecular flexibility index (Phi) is 4.47. The number of anilines is 1. The van der Waals surface area contributed by atoms with E-state index in [2.05, 4.69) is 4.98 Å². The summed E-state index contributed by atoms with van der Waals surface area (Å²) in [5, 5.41) is 0. The van der Waals surface area contributed by atoms with Crippen LogP contribution in [0.15, 0.2) is 36.8 Å². The van der Waals surface area contributed by atoms with E-state index in [1.54, 1.807) is 42.2 Å². The molecule has 2 rings (SSSR count). The Morgan fingerprint density at radius 1 is 1.45 bits per heavy atom. The molecule has 20 heavy (non-hydrogen) atoms. The number of benzene rings is 1. The largest absolute Gasteiger partial charge is 0.335 e. The number of amides is 1. The summed E-state index contributed by atoms with van der Waals surface area (Å²) in [7, 11) is 0. The lowest BCUT2D eigenvalue weighted by molar-refractivity contribution is 0.0983. The van der Waals surface area contributed by atoms with Crippen molar-refractivity contribution in [3.05, 3.63) is 48.3 Å². The van der Waals surface area contributed by atoms with Crippen LogP contribution in [0.3, 0.4) is 0 Å². The molecule has 0 spiro atoms. The molecule has 0 saturated heterocycles. The fraction of sp³-hybridized carbons (Fsp3) is 0.286. The molecule has 0 radical (unpaired) electrons. The van der Waals surface area contributed by atoms with Crippen LogP contribution < -0.4 is 10.6 Å². The first-order chi connectivity index (χ1) is 9.67. The summed E-state index contributed by atoms with van der Waals surface area (Å²) >= 11 is 0. The van der Waals surface area contributed by atoms with Gasteiger partial charge >= 0.3 is 0 Å². The number of rotatable bonds is 5. The van der Waals surface area contributed by atoms with Gasteiger partial charge in [0.2, 0.25) is 0 Å². The van der Waals surface area contributed by atoms with Crippen molar-refractivity contribution in [3.63, 3.8) is 0 Å². The van der Waals surface area contributed by atoms with Gasteiger partial charge in [-0.1, -0.05) is 12.1 Å². The number of imidazole rings is 1. The van der Waals surface area contributed by atoms with Crippen LogP contribution in [0.4, 0.5) is 10.1 Å². The van der Waals surface area contributed by atoms with Crippen molar-refractivity contribution in [3.8, 4) is 0 Å². The van der Waals surface area contributed by atoms with Gasteiger partial charge in [0.25, 0.3) is 5.91 Å². The molecule has 0 aliphatic carbocycles. The van der Waals surface area contributed by atoms with Gasteiger partial charge in [0.1, 0.15) is 11.5 Å². The van der Waals surface area contributed by atoms with Gasteiger partial charge < -0.3 is 15.2 Å². The van der Waals surface area contributed by atoms with E-state index in [-0.39, 0.29) is 17.3 Å². The zero-order valence-electron chi connectivity index (χ0n) is 11.3. The van der Waals surface area contributed by atoms with E-state index < -0.39 is 5.82 Å². The second kappa shape index (κ2) is 6.29. The summed E-state index contributed by atoms with van der Waals surface area (Å²) < 4.78 is 15.5. The Labute approximate surface area is 116 Å². The quantitative estimate of drug-likeness (QED) is 0.903. The van der Waals surface area contributed by atoms with Crippen molar-refractivity contribution in [1.29, 1.82) is 0 Å². The average molecular weight is 276 g/mol. The highest BCUT2D eigenvalue weighted by Crippen LogP contribution is 2.20. The summed E-state index contributed by atoms with van der Waals surface area (Å²) in [5.41, 5.74) is 5.99. The van der Waals surface area contributed by atoms with Gasteiger partial charge in [-0.25, -0.2) is 9.37 Å². The van der Waals surface area contributed by atoms with E-state index in [4.69, 9.17) is 5.73 Å². The van der Waals surface area contributed by atoms with Gasteiger partial charge in [0.05, 0.1) is 12.0 Å². The van der Waals surface area contributed by atoms with Crippen LogP contribution >= 0.6 is 0 Å². The highest BCUT2D eigenvalue weighted by atomic mass is 19.1. The van der Waals surface area contributed by atoms with Gasteiger partial charge in [0, 0.05) is 25.8 Å². The Morgan fingerprint density at radius 2 is 2.20 bits per heavy atom. The molecule has 0 fully saturated rings. The fourth-order valence-electron chi connectivity index (χ4n) is 1.97. The third kappa shape index (κ3) is 2.85. The van der Waals surface area contributed by atoms with Crippen LogP contribution in [0.2, 0.25) is 0 Å². The number of para-hydroxylation sites is 1. The number of carbonyl (C=O) groups is 1. The molecule has 2 N–H and O–H groups in total. The summed E-state index contributed by atoms with van der Waals surface area (Å²) in [6.45, 7) is 3.21. The normalized spacial score (nSPS) is 10.6. The highest BCUT2D eigenvalue weighted by molar-refractivity contribution is 6.04. The van der Waals surface area contributed by atoms with Crippen LogP contribution in [0.25, 0.3) is 0 Å². The molecule has 2 aromatic rings. The number of carbonyl (C=O) groups excluding carboxylic acids is 1. The number of hydrogen-bond acceptors (Lipinski definition) is 3. The average Bonchev–Trinajstić information content (AvgIpc) is 2.90. The van der Waals surface area contributed by atoms with Crippen molar-refractivity contribution in [2.45, 2.75) is 13.5 Å². The number of aromatic nitrogens is 2. The van der Waals surface area contributed by atoms with Crippen LogP contribution in [0.5, 0.6) is 0 Å². The smallest absolute Gasteiger partial charge is 0.278 e. The number of nitrogens with two attached hydrogens (primary N) is 1. The fourth-order valence-corrected chi connectivity index (χ4v) is 1.97. The van der Waals surface area contributed by atoms with Gasteiger partial charge in [-0.15, -0.1) is 0 Å². The minimum atomic E-state index is -0.427. The molecule has 1 aromatic carbocycles. The lowest BCUT2D eigenvalue weighted by Crippen LogP contribution is -2.31. The van der Waals surface area contributed by atoms with Crippen LogP contribution in [0.1, 0.15) is 17.4 Å². The van der Waals surface area contributed by atoms with E-state index in [0.29, 0.717) is 19.6 Å². The van der Waals surface area contributed by atoms with E-state index in [9.17, 15) is 9.18 Å². The third-order valence-corrected chi connectivity index (χ3v) is 2.94. The molecule has 1 amide bonds. The lowest BCUT2D eigenvalue weighted by Gasteiger charge is -2.20. The monoisotopic (exact) mass is 276 g/mol. The predicted molar refractivity (Wildman–Crippen MR) is 75.0 cm³/mol. The number of halogens is 1. The Morgan fingerprint density at radius 3 is 2.85 bits per heavy atom. The maximum atomic E-state index is 13.8. The summed E-state index contributed by atoms with van der Waals surface area (Å²) in [4.78, 5) is 17.8. The van der Waals surface area contributed by atoms with Crippen molar-refractivity contribution in [2.24, 2.45) is 5.73 Å². The maximum absolute atomic E-state index is 13.8. The molecule has 0 aliphatic heterocycles. The molecule has 0 bridgehead atoms. The van der Waals surface area contributed by atoms with E-state index in [1.807, 2.05) is 0 Å². The predicted octanol–water partition coefficient (Wildman–Crippen LogP) is 1.65. The minimum absolute atomic E-state index is 0.258. The summed E-state index contributed by atoms with van der Waals surface area (Å²) in [6, 6.07) is 6.19. The second-order valence-corrected chi connectivity index (χ2v) is 4.29. The second-order valence-electron chi connectivity index (χ2n) is 4.29. The van der Waals surface area contributed by atoms with Crippen LogP contribution in [-0.4, -0.2) is 28.5 Å². The molecular formula is C14H17FN4O. The van der Waals surface area contributed by atoms with Crippen LogP contribution in [0, 0.1) is 5.82 Å². The standard InChI is InChI=1S/C14H17FN4O/c1-2-19(13-6-4-3-5-11(13)15)14(20)12-9-18(8-7-16)10-17-12/h3-6,9-10H,2,7-8,16H2,1H3. The molecule has 0 aliphatic rings. The van der Waals surface area contributed by atoms with E-state index in [1.165, 1.54) is 11.0 Å².